The van der Waals surface area contributed by atoms with Gasteiger partial charge in [0.1, 0.15) is 0 Å². The number of benzene rings is 1. The highest BCUT2D eigenvalue weighted by Crippen LogP contribution is 2.39. The van der Waals surface area contributed by atoms with Crippen molar-refractivity contribution in [1.29, 1.82) is 0 Å². The minimum Gasteiger partial charge on any atom is -0.481 e. The van der Waals surface area contributed by atoms with Crippen LogP contribution >= 0.6 is 0 Å². The number of piperidine rings is 1. The number of carbonyl (C=O) groups is 1. The van der Waals surface area contributed by atoms with Gasteiger partial charge < -0.3 is 10.0 Å². The first kappa shape index (κ1) is 16.5. The van der Waals surface area contributed by atoms with E-state index in [1.54, 1.807) is 0 Å². The standard InChI is InChI=1S/C20H29NO2/c1-21-14-10-17(11-15-21)16-6-8-18(9-7-16)20(19(22)23)12-4-2-3-5-13-20/h6-9,17H,2-5,10-15H2,1H3,(H,22,23). The lowest BCUT2D eigenvalue weighted by molar-refractivity contribution is -0.144. The maximum atomic E-state index is 12.0. The highest BCUT2D eigenvalue weighted by Gasteiger charge is 2.40. The van der Waals surface area contributed by atoms with Crippen LogP contribution in [0.15, 0.2) is 24.3 Å². The largest absolute Gasteiger partial charge is 0.481 e. The Hall–Kier alpha value is -1.35. The van der Waals surface area contributed by atoms with Gasteiger partial charge in [0, 0.05) is 0 Å². The molecule has 2 aliphatic rings. The molecular formula is C20H29NO2. The second kappa shape index (κ2) is 7.04. The van der Waals surface area contributed by atoms with Gasteiger partial charge in [-0.2, -0.15) is 0 Å². The Kier molecular flexibility index (Phi) is 5.05. The normalized spacial score (nSPS) is 23.3. The minimum absolute atomic E-state index is 0.633. The van der Waals surface area contributed by atoms with Crippen LogP contribution in [-0.2, 0) is 10.2 Å². The predicted molar refractivity (Wildman–Crippen MR) is 92.9 cm³/mol. The summed E-state index contributed by atoms with van der Waals surface area (Å²) < 4.78 is 0. The molecule has 0 amide bonds. The van der Waals surface area contributed by atoms with Gasteiger partial charge in [0.25, 0.3) is 0 Å². The van der Waals surface area contributed by atoms with Crippen LogP contribution in [0.25, 0.3) is 0 Å². The third-order valence-corrected chi connectivity index (χ3v) is 6.02. The second-order valence-electron chi connectivity index (χ2n) is 7.50. The average Bonchev–Trinajstić information content (AvgIpc) is 2.83. The summed E-state index contributed by atoms with van der Waals surface area (Å²) in [5.41, 5.74) is 1.75. The molecule has 1 saturated heterocycles. The van der Waals surface area contributed by atoms with E-state index in [9.17, 15) is 9.90 Å². The van der Waals surface area contributed by atoms with Gasteiger partial charge >= 0.3 is 5.97 Å². The van der Waals surface area contributed by atoms with E-state index in [1.165, 1.54) is 31.2 Å². The molecule has 1 heterocycles. The smallest absolute Gasteiger partial charge is 0.314 e. The third-order valence-electron chi connectivity index (χ3n) is 6.02. The molecule has 1 aliphatic carbocycles. The van der Waals surface area contributed by atoms with E-state index < -0.39 is 11.4 Å². The van der Waals surface area contributed by atoms with Gasteiger partial charge in [-0.25, -0.2) is 0 Å². The SMILES string of the molecule is CN1CCC(c2ccc(C3(C(=O)O)CCCCCC3)cc2)CC1. The number of aliphatic carboxylic acids is 1. The molecule has 2 fully saturated rings. The molecule has 1 aromatic rings. The summed E-state index contributed by atoms with van der Waals surface area (Å²) in [6.45, 7) is 2.32. The lowest BCUT2D eigenvalue weighted by Gasteiger charge is -2.31. The Bertz CT molecular complexity index is 521. The van der Waals surface area contributed by atoms with E-state index in [2.05, 4.69) is 36.2 Å². The summed E-state index contributed by atoms with van der Waals surface area (Å²) in [4.78, 5) is 14.4. The Morgan fingerprint density at radius 3 is 2.13 bits per heavy atom. The Morgan fingerprint density at radius 2 is 1.61 bits per heavy atom. The third kappa shape index (κ3) is 3.45. The number of carboxylic acid groups (broad SMARTS) is 1. The molecule has 0 unspecified atom stereocenters. The fourth-order valence-electron chi connectivity index (χ4n) is 4.37. The fourth-order valence-corrected chi connectivity index (χ4v) is 4.37. The van der Waals surface area contributed by atoms with Crippen LogP contribution in [0.4, 0.5) is 0 Å². The minimum atomic E-state index is -0.651. The molecule has 0 aromatic heterocycles. The Balaban J connectivity index is 1.80. The molecule has 0 bridgehead atoms. The Morgan fingerprint density at radius 1 is 1.04 bits per heavy atom. The number of carboxylic acids is 1. The summed E-state index contributed by atoms with van der Waals surface area (Å²) in [5, 5.41) is 9.91. The summed E-state index contributed by atoms with van der Waals surface area (Å²) in [6, 6.07) is 8.60. The molecule has 0 radical (unpaired) electrons. The first-order valence-corrected chi connectivity index (χ1v) is 9.14. The zero-order valence-corrected chi connectivity index (χ0v) is 14.3. The molecule has 0 spiro atoms. The first-order chi connectivity index (χ1) is 11.1. The van der Waals surface area contributed by atoms with Crippen LogP contribution < -0.4 is 0 Å². The number of rotatable bonds is 3. The van der Waals surface area contributed by atoms with Crippen LogP contribution in [0, 0.1) is 0 Å². The lowest BCUT2D eigenvalue weighted by atomic mass is 9.74. The summed E-state index contributed by atoms with van der Waals surface area (Å²) >= 11 is 0. The first-order valence-electron chi connectivity index (χ1n) is 9.14. The number of nitrogens with zero attached hydrogens (tertiary/aromatic N) is 1. The van der Waals surface area contributed by atoms with Gasteiger partial charge in [0.05, 0.1) is 5.41 Å². The van der Waals surface area contributed by atoms with Gasteiger partial charge in [0.2, 0.25) is 0 Å². The number of likely N-dealkylation sites (tertiary alicyclic amines) is 1. The summed E-state index contributed by atoms with van der Waals surface area (Å²) in [5.74, 6) is 0.00148. The van der Waals surface area contributed by atoms with Crippen LogP contribution in [0.5, 0.6) is 0 Å². The zero-order valence-electron chi connectivity index (χ0n) is 14.3. The molecule has 23 heavy (non-hydrogen) atoms. The van der Waals surface area contributed by atoms with Crippen molar-refractivity contribution in [1.82, 2.24) is 4.90 Å². The van der Waals surface area contributed by atoms with Gasteiger partial charge in [0.15, 0.2) is 0 Å². The van der Waals surface area contributed by atoms with Crippen molar-refractivity contribution in [3.8, 4) is 0 Å². The van der Waals surface area contributed by atoms with Crippen LogP contribution in [0.2, 0.25) is 0 Å². The van der Waals surface area contributed by atoms with Crippen molar-refractivity contribution in [2.75, 3.05) is 20.1 Å². The van der Waals surface area contributed by atoms with E-state index in [4.69, 9.17) is 0 Å². The van der Waals surface area contributed by atoms with Crippen molar-refractivity contribution >= 4 is 5.97 Å². The van der Waals surface area contributed by atoms with Crippen molar-refractivity contribution < 1.29 is 9.90 Å². The summed E-state index contributed by atoms with van der Waals surface area (Å²) in [7, 11) is 2.18. The van der Waals surface area contributed by atoms with Crippen molar-refractivity contribution in [3.05, 3.63) is 35.4 Å². The van der Waals surface area contributed by atoms with Crippen molar-refractivity contribution in [2.45, 2.75) is 62.7 Å². The van der Waals surface area contributed by atoms with E-state index in [0.29, 0.717) is 5.92 Å². The maximum Gasteiger partial charge on any atom is 0.314 e. The zero-order chi connectivity index (χ0) is 16.3. The van der Waals surface area contributed by atoms with Crippen molar-refractivity contribution in [3.63, 3.8) is 0 Å². The molecule has 1 aromatic carbocycles. The fraction of sp³-hybridized carbons (Fsp3) is 0.650. The molecule has 126 valence electrons. The average molecular weight is 315 g/mol. The van der Waals surface area contributed by atoms with Gasteiger partial charge in [-0.05, 0) is 62.9 Å². The van der Waals surface area contributed by atoms with E-state index in [0.717, 1.165) is 44.3 Å². The molecule has 3 nitrogen and oxygen atoms in total. The quantitative estimate of drug-likeness (QED) is 0.851. The molecular weight excluding hydrogens is 286 g/mol. The monoisotopic (exact) mass is 315 g/mol. The van der Waals surface area contributed by atoms with Gasteiger partial charge in [-0.3, -0.25) is 4.79 Å². The molecule has 3 heteroatoms. The van der Waals surface area contributed by atoms with Gasteiger partial charge in [-0.15, -0.1) is 0 Å². The molecule has 1 saturated carbocycles. The predicted octanol–water partition coefficient (Wildman–Crippen LogP) is 4.17. The molecule has 0 atom stereocenters. The number of hydrogen-bond donors (Lipinski definition) is 1. The highest BCUT2D eigenvalue weighted by molar-refractivity contribution is 5.81. The van der Waals surface area contributed by atoms with E-state index in [-0.39, 0.29) is 0 Å². The molecule has 1 aliphatic heterocycles. The molecule has 3 rings (SSSR count). The lowest BCUT2D eigenvalue weighted by Crippen LogP contribution is -2.35. The molecule has 1 N–H and O–H groups in total. The number of hydrogen-bond acceptors (Lipinski definition) is 2. The summed E-state index contributed by atoms with van der Waals surface area (Å²) in [6.07, 6.45) is 8.39. The highest BCUT2D eigenvalue weighted by atomic mass is 16.4. The van der Waals surface area contributed by atoms with Crippen LogP contribution in [0.1, 0.15) is 68.4 Å². The van der Waals surface area contributed by atoms with E-state index >= 15 is 0 Å². The van der Waals surface area contributed by atoms with Crippen LogP contribution in [-0.4, -0.2) is 36.1 Å². The Labute approximate surface area is 139 Å². The van der Waals surface area contributed by atoms with Crippen molar-refractivity contribution in [2.24, 2.45) is 0 Å². The van der Waals surface area contributed by atoms with E-state index in [1.807, 2.05) is 0 Å². The topological polar surface area (TPSA) is 40.5 Å². The second-order valence-corrected chi connectivity index (χ2v) is 7.50. The van der Waals surface area contributed by atoms with Crippen LogP contribution in [0.3, 0.4) is 0 Å². The van der Waals surface area contributed by atoms with Gasteiger partial charge in [-0.1, -0.05) is 49.9 Å². The maximum absolute atomic E-state index is 12.0.